The molecule has 1 rings (SSSR count). The number of aliphatic hydroxyl groups is 1. The van der Waals surface area contributed by atoms with E-state index in [1.165, 1.54) is 6.42 Å². The highest BCUT2D eigenvalue weighted by Crippen LogP contribution is 2.39. The van der Waals surface area contributed by atoms with Gasteiger partial charge < -0.3 is 15.7 Å². The SMILES string of the molecule is CCNC(=NCC1(CCO)CCCCC1)NCCC(F)(F)F. The smallest absolute Gasteiger partial charge is 0.390 e. The van der Waals surface area contributed by atoms with Gasteiger partial charge in [-0.05, 0) is 31.6 Å². The van der Waals surface area contributed by atoms with Gasteiger partial charge >= 0.3 is 6.18 Å². The van der Waals surface area contributed by atoms with Crippen molar-refractivity contribution in [2.24, 2.45) is 10.4 Å². The predicted octanol–water partition coefficient (Wildman–Crippen LogP) is 2.83. The van der Waals surface area contributed by atoms with Gasteiger partial charge in [0.2, 0.25) is 0 Å². The molecule has 0 aromatic heterocycles. The Labute approximate surface area is 130 Å². The predicted molar refractivity (Wildman–Crippen MR) is 81.9 cm³/mol. The van der Waals surface area contributed by atoms with Crippen molar-refractivity contribution in [3.05, 3.63) is 0 Å². The standard InChI is InChI=1S/C15H28F3N3O/c1-2-19-13(20-10-8-15(16,17)18)21-12-14(9-11-22)6-4-3-5-7-14/h22H,2-12H2,1H3,(H2,19,20,21). The zero-order valence-corrected chi connectivity index (χ0v) is 13.3. The lowest BCUT2D eigenvalue weighted by atomic mass is 9.72. The van der Waals surface area contributed by atoms with Crippen molar-refractivity contribution in [1.29, 1.82) is 0 Å². The molecule has 22 heavy (non-hydrogen) atoms. The lowest BCUT2D eigenvalue weighted by molar-refractivity contribution is -0.132. The second kappa shape index (κ2) is 9.22. The van der Waals surface area contributed by atoms with E-state index < -0.39 is 12.6 Å². The summed E-state index contributed by atoms with van der Waals surface area (Å²) in [7, 11) is 0. The molecule has 1 fully saturated rings. The monoisotopic (exact) mass is 323 g/mol. The van der Waals surface area contributed by atoms with E-state index in [4.69, 9.17) is 0 Å². The summed E-state index contributed by atoms with van der Waals surface area (Å²) in [5.41, 5.74) is -0.000616. The van der Waals surface area contributed by atoms with Crippen molar-refractivity contribution in [2.75, 3.05) is 26.2 Å². The molecular weight excluding hydrogens is 295 g/mol. The first kappa shape index (κ1) is 19.1. The molecule has 0 bridgehead atoms. The van der Waals surface area contributed by atoms with Crippen molar-refractivity contribution >= 4 is 5.96 Å². The highest BCUT2D eigenvalue weighted by Gasteiger charge is 2.31. The Bertz CT molecular complexity index is 334. The van der Waals surface area contributed by atoms with Crippen LogP contribution in [0.15, 0.2) is 4.99 Å². The Morgan fingerprint density at radius 1 is 1.18 bits per heavy atom. The second-order valence-corrected chi connectivity index (χ2v) is 6.02. The summed E-state index contributed by atoms with van der Waals surface area (Å²) in [6.07, 6.45) is 1.20. The number of hydrogen-bond donors (Lipinski definition) is 3. The number of rotatable bonds is 7. The molecule has 1 aliphatic rings. The van der Waals surface area contributed by atoms with Crippen LogP contribution in [0.25, 0.3) is 0 Å². The maximum Gasteiger partial charge on any atom is 0.390 e. The van der Waals surface area contributed by atoms with Crippen LogP contribution >= 0.6 is 0 Å². The fraction of sp³-hybridized carbons (Fsp3) is 0.933. The van der Waals surface area contributed by atoms with Gasteiger partial charge in [-0.25, -0.2) is 0 Å². The summed E-state index contributed by atoms with van der Waals surface area (Å²) < 4.78 is 36.6. The van der Waals surface area contributed by atoms with Gasteiger partial charge in [0.05, 0.1) is 6.42 Å². The maximum absolute atomic E-state index is 12.2. The molecule has 0 saturated heterocycles. The second-order valence-electron chi connectivity index (χ2n) is 6.02. The van der Waals surface area contributed by atoms with Crippen molar-refractivity contribution in [2.45, 2.75) is 58.0 Å². The third-order valence-electron chi connectivity index (χ3n) is 4.17. The number of alkyl halides is 3. The van der Waals surface area contributed by atoms with E-state index in [9.17, 15) is 18.3 Å². The van der Waals surface area contributed by atoms with Gasteiger partial charge in [-0.2, -0.15) is 13.2 Å². The molecule has 0 spiro atoms. The van der Waals surface area contributed by atoms with Crippen LogP contribution in [0.3, 0.4) is 0 Å². The van der Waals surface area contributed by atoms with E-state index in [1.807, 2.05) is 6.92 Å². The van der Waals surface area contributed by atoms with E-state index >= 15 is 0 Å². The van der Waals surface area contributed by atoms with Gasteiger partial charge in [0.15, 0.2) is 5.96 Å². The molecule has 0 radical (unpaired) electrons. The maximum atomic E-state index is 12.2. The minimum atomic E-state index is -4.16. The number of aliphatic hydroxyl groups excluding tert-OH is 1. The molecule has 0 aromatic carbocycles. The van der Waals surface area contributed by atoms with Crippen LogP contribution in [0, 0.1) is 5.41 Å². The lowest BCUT2D eigenvalue weighted by Crippen LogP contribution is -2.40. The fourth-order valence-corrected chi connectivity index (χ4v) is 2.94. The number of guanidine groups is 1. The Balaban J connectivity index is 2.58. The van der Waals surface area contributed by atoms with E-state index in [1.54, 1.807) is 0 Å². The summed E-state index contributed by atoms with van der Waals surface area (Å²) in [6.45, 7) is 2.99. The largest absolute Gasteiger partial charge is 0.396 e. The normalized spacial score (nSPS) is 19.0. The van der Waals surface area contributed by atoms with Crippen LogP contribution in [0.4, 0.5) is 13.2 Å². The minimum Gasteiger partial charge on any atom is -0.396 e. The van der Waals surface area contributed by atoms with Crippen LogP contribution in [-0.2, 0) is 0 Å². The van der Waals surface area contributed by atoms with Gasteiger partial charge in [-0.3, -0.25) is 4.99 Å². The average Bonchev–Trinajstić information content (AvgIpc) is 2.45. The molecule has 1 aliphatic carbocycles. The molecule has 7 heteroatoms. The van der Waals surface area contributed by atoms with Crippen molar-refractivity contribution < 1.29 is 18.3 Å². The van der Waals surface area contributed by atoms with E-state index in [0.29, 0.717) is 25.5 Å². The number of nitrogens with one attached hydrogen (secondary N) is 2. The molecule has 0 aromatic rings. The molecule has 0 heterocycles. The van der Waals surface area contributed by atoms with Crippen LogP contribution in [-0.4, -0.2) is 43.5 Å². The summed E-state index contributed by atoms with van der Waals surface area (Å²) in [4.78, 5) is 4.46. The summed E-state index contributed by atoms with van der Waals surface area (Å²) in [6, 6.07) is 0. The number of nitrogens with zero attached hydrogens (tertiary/aromatic N) is 1. The average molecular weight is 323 g/mol. The van der Waals surface area contributed by atoms with Crippen LogP contribution in [0.5, 0.6) is 0 Å². The highest BCUT2D eigenvalue weighted by atomic mass is 19.4. The Morgan fingerprint density at radius 3 is 2.41 bits per heavy atom. The topological polar surface area (TPSA) is 56.7 Å². The first-order valence-corrected chi connectivity index (χ1v) is 8.10. The van der Waals surface area contributed by atoms with Crippen LogP contribution in [0.2, 0.25) is 0 Å². The van der Waals surface area contributed by atoms with Crippen LogP contribution < -0.4 is 10.6 Å². The zero-order chi connectivity index (χ0) is 16.5. The fourth-order valence-electron chi connectivity index (χ4n) is 2.94. The molecular formula is C15H28F3N3O. The van der Waals surface area contributed by atoms with Gasteiger partial charge in [0.1, 0.15) is 0 Å². The Hall–Kier alpha value is -0.980. The number of hydrogen-bond acceptors (Lipinski definition) is 2. The van der Waals surface area contributed by atoms with Crippen molar-refractivity contribution in [1.82, 2.24) is 10.6 Å². The quantitative estimate of drug-likeness (QED) is 0.499. The molecule has 0 unspecified atom stereocenters. The van der Waals surface area contributed by atoms with Gasteiger partial charge in [-0.15, -0.1) is 0 Å². The van der Waals surface area contributed by atoms with E-state index in [0.717, 1.165) is 25.7 Å². The Morgan fingerprint density at radius 2 is 1.86 bits per heavy atom. The first-order chi connectivity index (χ1) is 10.4. The van der Waals surface area contributed by atoms with Crippen molar-refractivity contribution in [3.63, 3.8) is 0 Å². The first-order valence-electron chi connectivity index (χ1n) is 8.10. The number of aliphatic imine (C=N–C) groups is 1. The zero-order valence-electron chi connectivity index (χ0n) is 13.3. The van der Waals surface area contributed by atoms with Crippen molar-refractivity contribution in [3.8, 4) is 0 Å². The van der Waals surface area contributed by atoms with Gasteiger partial charge in [-0.1, -0.05) is 19.3 Å². The number of halogens is 3. The van der Waals surface area contributed by atoms with Gasteiger partial charge in [0, 0.05) is 26.2 Å². The summed E-state index contributed by atoms with van der Waals surface area (Å²) in [5.74, 6) is 0.426. The summed E-state index contributed by atoms with van der Waals surface area (Å²) >= 11 is 0. The molecule has 4 nitrogen and oxygen atoms in total. The highest BCUT2D eigenvalue weighted by molar-refractivity contribution is 5.79. The minimum absolute atomic E-state index is 0.000616. The summed E-state index contributed by atoms with van der Waals surface area (Å²) in [5, 5.41) is 15.0. The lowest BCUT2D eigenvalue weighted by Gasteiger charge is -2.35. The molecule has 0 aliphatic heterocycles. The van der Waals surface area contributed by atoms with Crippen LogP contribution in [0.1, 0.15) is 51.9 Å². The third kappa shape index (κ3) is 7.33. The van der Waals surface area contributed by atoms with Gasteiger partial charge in [0.25, 0.3) is 0 Å². The van der Waals surface area contributed by atoms with E-state index in [2.05, 4.69) is 15.6 Å². The molecule has 0 atom stereocenters. The third-order valence-corrected chi connectivity index (χ3v) is 4.17. The van der Waals surface area contributed by atoms with E-state index in [-0.39, 0.29) is 18.6 Å². The molecule has 3 N–H and O–H groups in total. The molecule has 1 saturated carbocycles. The Kier molecular flexibility index (Phi) is 8.00. The molecule has 130 valence electrons. The molecule has 0 amide bonds.